The fourth-order valence-electron chi connectivity index (χ4n) is 7.04. The van der Waals surface area contributed by atoms with Crippen LogP contribution in [0.3, 0.4) is 0 Å². The number of hydrogen-bond acceptors (Lipinski definition) is 3. The molecule has 2 fully saturated rings. The van der Waals surface area contributed by atoms with Crippen molar-refractivity contribution < 1.29 is 14.6 Å². The third-order valence-corrected chi connectivity index (χ3v) is 8.40. The van der Waals surface area contributed by atoms with Gasteiger partial charge in [-0.15, -0.1) is 0 Å². The number of hydrogen-bond donors (Lipinski definition) is 2. The zero-order chi connectivity index (χ0) is 21.3. The monoisotopic (exact) mass is 412 g/mol. The fraction of sp³-hybridized carbons (Fsp3) is 0.640. The second-order valence-electron chi connectivity index (χ2n) is 10.9. The van der Waals surface area contributed by atoms with Crippen LogP contribution in [-0.2, 0) is 0 Å². The van der Waals surface area contributed by atoms with E-state index in [2.05, 4.69) is 11.9 Å². The number of aliphatic hydroxyl groups excluding tert-OH is 1. The Labute approximate surface area is 178 Å². The quantitative estimate of drug-likeness (QED) is 0.747. The van der Waals surface area contributed by atoms with E-state index < -0.39 is 11.7 Å². The Morgan fingerprint density at radius 3 is 2.87 bits per heavy atom. The molecule has 2 heterocycles. The van der Waals surface area contributed by atoms with Crippen LogP contribution >= 0.6 is 0 Å². The largest absolute Gasteiger partial charge is 0.392 e. The second kappa shape index (κ2) is 6.89. The molecule has 2 bridgehead atoms. The first-order valence-corrected chi connectivity index (χ1v) is 11.4. The SMILES string of the molecule is CC(C)(O)[C@@H]1CCC2CC1C[C@](C)(C(O)CC1c3c(F)cccc3-c3cncn31)C2. The second-order valence-corrected chi connectivity index (χ2v) is 10.9. The van der Waals surface area contributed by atoms with Gasteiger partial charge in [-0.2, -0.15) is 0 Å². The normalized spacial score (nSPS) is 33.8. The van der Waals surface area contributed by atoms with Crippen molar-refractivity contribution in [3.63, 3.8) is 0 Å². The van der Waals surface area contributed by atoms with Gasteiger partial charge >= 0.3 is 0 Å². The molecule has 6 atom stereocenters. The molecule has 0 amide bonds. The third-order valence-electron chi connectivity index (χ3n) is 8.40. The van der Waals surface area contributed by atoms with Crippen molar-refractivity contribution >= 4 is 0 Å². The summed E-state index contributed by atoms with van der Waals surface area (Å²) in [6.07, 6.45) is 8.78. The Balaban J connectivity index is 1.42. The number of nitrogens with zero attached hydrogens (tertiary/aromatic N) is 2. The van der Waals surface area contributed by atoms with Crippen LogP contribution < -0.4 is 0 Å². The lowest BCUT2D eigenvalue weighted by Crippen LogP contribution is -2.49. The minimum absolute atomic E-state index is 0.207. The molecule has 2 aliphatic carbocycles. The Morgan fingerprint density at radius 1 is 1.30 bits per heavy atom. The number of imidazole rings is 1. The van der Waals surface area contributed by atoms with Gasteiger partial charge in [-0.25, -0.2) is 9.37 Å². The number of aliphatic hydroxyl groups is 2. The van der Waals surface area contributed by atoms with E-state index in [1.165, 1.54) is 6.07 Å². The summed E-state index contributed by atoms with van der Waals surface area (Å²) in [6, 6.07) is 4.97. The van der Waals surface area contributed by atoms with Crippen LogP contribution in [0.4, 0.5) is 4.39 Å². The standard InChI is InChI=1S/C25H33FN2O2/c1-24(2,30)18-8-7-15-9-16(18)12-25(3,11-15)22(29)10-20-23-17(5-4-6-19(23)26)21-13-27-14-28(20)21/h4-6,13-16,18,20,22,29-30H,7-12H2,1-3H3/t15?,16?,18-,20?,22?,25-/m1/s1. The highest BCUT2D eigenvalue weighted by molar-refractivity contribution is 5.69. The summed E-state index contributed by atoms with van der Waals surface area (Å²) in [5.74, 6) is 1.12. The van der Waals surface area contributed by atoms with Gasteiger partial charge < -0.3 is 14.8 Å². The summed E-state index contributed by atoms with van der Waals surface area (Å²) in [5, 5.41) is 22.2. The van der Waals surface area contributed by atoms with Crippen molar-refractivity contribution in [2.75, 3.05) is 0 Å². The molecule has 2 N–H and O–H groups in total. The van der Waals surface area contributed by atoms with E-state index in [1.807, 2.05) is 24.5 Å². The Morgan fingerprint density at radius 2 is 2.10 bits per heavy atom. The number of fused-ring (bicyclic) bond motifs is 5. The molecule has 2 aromatic rings. The first kappa shape index (κ1) is 20.2. The molecule has 2 saturated carbocycles. The molecule has 5 rings (SSSR count). The lowest BCUT2D eigenvalue weighted by atomic mass is 9.54. The Hall–Kier alpha value is -1.72. The van der Waals surface area contributed by atoms with Gasteiger partial charge in [0.05, 0.1) is 36.0 Å². The number of halogens is 1. The van der Waals surface area contributed by atoms with Crippen molar-refractivity contribution in [1.82, 2.24) is 9.55 Å². The fourth-order valence-corrected chi connectivity index (χ4v) is 7.04. The van der Waals surface area contributed by atoms with Crippen LogP contribution in [0, 0.1) is 29.0 Å². The molecule has 3 aliphatic rings. The number of benzene rings is 1. The zero-order valence-corrected chi connectivity index (χ0v) is 18.2. The van der Waals surface area contributed by atoms with Gasteiger partial charge in [0.1, 0.15) is 5.82 Å². The number of rotatable bonds is 4. The summed E-state index contributed by atoms with van der Waals surface area (Å²) < 4.78 is 16.8. The highest BCUT2D eigenvalue weighted by Crippen LogP contribution is 2.55. The predicted octanol–water partition coefficient (Wildman–Crippen LogP) is 4.95. The van der Waals surface area contributed by atoms with E-state index in [9.17, 15) is 14.6 Å². The lowest BCUT2D eigenvalue weighted by Gasteiger charge is -2.53. The van der Waals surface area contributed by atoms with Crippen molar-refractivity contribution in [2.24, 2.45) is 23.2 Å². The van der Waals surface area contributed by atoms with Gasteiger partial charge in [-0.1, -0.05) is 25.5 Å². The van der Waals surface area contributed by atoms with E-state index in [-0.39, 0.29) is 23.2 Å². The minimum Gasteiger partial charge on any atom is -0.392 e. The summed E-state index contributed by atoms with van der Waals surface area (Å²) in [5.41, 5.74) is 1.60. The van der Waals surface area contributed by atoms with Crippen LogP contribution in [0.5, 0.6) is 0 Å². The maximum Gasteiger partial charge on any atom is 0.129 e. The molecule has 0 saturated heterocycles. The summed E-state index contributed by atoms with van der Waals surface area (Å²) >= 11 is 0. The topological polar surface area (TPSA) is 58.3 Å². The molecule has 4 nitrogen and oxygen atoms in total. The van der Waals surface area contributed by atoms with E-state index in [0.29, 0.717) is 23.8 Å². The minimum atomic E-state index is -0.682. The van der Waals surface area contributed by atoms with Crippen LogP contribution in [0.2, 0.25) is 0 Å². The first-order chi connectivity index (χ1) is 14.2. The van der Waals surface area contributed by atoms with Crippen molar-refractivity contribution in [1.29, 1.82) is 0 Å². The molecule has 30 heavy (non-hydrogen) atoms. The highest BCUT2D eigenvalue weighted by atomic mass is 19.1. The predicted molar refractivity (Wildman–Crippen MR) is 114 cm³/mol. The van der Waals surface area contributed by atoms with Crippen LogP contribution in [-0.4, -0.2) is 31.5 Å². The van der Waals surface area contributed by atoms with E-state index >= 15 is 0 Å². The van der Waals surface area contributed by atoms with E-state index in [4.69, 9.17) is 0 Å². The average molecular weight is 413 g/mol. The molecule has 5 heteroatoms. The van der Waals surface area contributed by atoms with E-state index in [1.54, 1.807) is 18.6 Å². The van der Waals surface area contributed by atoms with Gasteiger partial charge in [-0.05, 0) is 75.2 Å². The van der Waals surface area contributed by atoms with Crippen molar-refractivity contribution in [3.8, 4) is 11.3 Å². The van der Waals surface area contributed by atoms with Crippen molar-refractivity contribution in [3.05, 3.63) is 42.1 Å². The van der Waals surface area contributed by atoms with Crippen LogP contribution in [0.15, 0.2) is 30.7 Å². The zero-order valence-electron chi connectivity index (χ0n) is 18.2. The molecule has 162 valence electrons. The first-order valence-electron chi connectivity index (χ1n) is 11.4. The maximum absolute atomic E-state index is 14.8. The Bertz CT molecular complexity index is 949. The van der Waals surface area contributed by atoms with Crippen molar-refractivity contribution in [2.45, 2.75) is 77.0 Å². The number of aromatic nitrogens is 2. The van der Waals surface area contributed by atoms with Crippen LogP contribution in [0.25, 0.3) is 11.3 Å². The molecule has 1 aromatic heterocycles. The third kappa shape index (κ3) is 3.13. The smallest absolute Gasteiger partial charge is 0.129 e. The van der Waals surface area contributed by atoms with Gasteiger partial charge in [0.2, 0.25) is 0 Å². The summed E-state index contributed by atoms with van der Waals surface area (Å²) in [6.45, 7) is 6.06. The van der Waals surface area contributed by atoms with Gasteiger partial charge in [-0.3, -0.25) is 0 Å². The van der Waals surface area contributed by atoms with Gasteiger partial charge in [0, 0.05) is 11.1 Å². The molecule has 1 aromatic carbocycles. The highest BCUT2D eigenvalue weighted by Gasteiger charge is 2.50. The molecular formula is C25H33FN2O2. The summed E-state index contributed by atoms with van der Waals surface area (Å²) in [4.78, 5) is 4.27. The van der Waals surface area contributed by atoms with Crippen LogP contribution in [0.1, 0.15) is 70.9 Å². The molecule has 0 radical (unpaired) electrons. The molecular weight excluding hydrogens is 379 g/mol. The van der Waals surface area contributed by atoms with E-state index in [0.717, 1.165) is 43.4 Å². The molecule has 0 spiro atoms. The Kier molecular flexibility index (Phi) is 4.64. The average Bonchev–Trinajstić information content (AvgIpc) is 3.24. The van der Waals surface area contributed by atoms with Gasteiger partial charge in [0.25, 0.3) is 0 Å². The maximum atomic E-state index is 14.8. The molecule has 4 unspecified atom stereocenters. The van der Waals surface area contributed by atoms with Gasteiger partial charge in [0.15, 0.2) is 0 Å². The summed E-state index contributed by atoms with van der Waals surface area (Å²) in [7, 11) is 0. The lowest BCUT2D eigenvalue weighted by molar-refractivity contribution is -0.102. The molecule has 1 aliphatic heterocycles.